The van der Waals surface area contributed by atoms with Crippen molar-refractivity contribution >= 4 is 17.2 Å². The van der Waals surface area contributed by atoms with E-state index in [-0.39, 0.29) is 0 Å². The summed E-state index contributed by atoms with van der Waals surface area (Å²) in [5.74, 6) is 1.10. The van der Waals surface area contributed by atoms with E-state index in [1.54, 1.807) is 11.3 Å². The molecule has 1 heterocycles. The minimum atomic E-state index is 1.10. The van der Waals surface area contributed by atoms with Crippen LogP contribution in [0.5, 0.6) is 0 Å². The second-order valence-electron chi connectivity index (χ2n) is 3.14. The molecule has 1 radical (unpaired) electrons. The lowest BCUT2D eigenvalue weighted by Crippen LogP contribution is -2.25. The van der Waals surface area contributed by atoms with Gasteiger partial charge in [0.1, 0.15) is 5.82 Å². The summed E-state index contributed by atoms with van der Waals surface area (Å²) in [6, 6.07) is 0. The minimum absolute atomic E-state index is 1.10. The molecule has 0 saturated heterocycles. The Bertz CT molecular complexity index is 209. The maximum atomic E-state index is 4.21. The van der Waals surface area contributed by atoms with Crippen molar-refractivity contribution in [1.82, 2.24) is 4.98 Å². The van der Waals surface area contributed by atoms with Gasteiger partial charge >= 0.3 is 0 Å². The van der Waals surface area contributed by atoms with Gasteiger partial charge in [-0.1, -0.05) is 20.3 Å². The molecule has 13 heavy (non-hydrogen) atoms. The Morgan fingerprint density at radius 3 is 2.77 bits per heavy atom. The van der Waals surface area contributed by atoms with Crippen LogP contribution in [0, 0.1) is 5.51 Å². The van der Waals surface area contributed by atoms with Crippen LogP contribution in [-0.4, -0.2) is 18.1 Å². The third-order valence-electron chi connectivity index (χ3n) is 1.98. The molecule has 0 unspecified atom stereocenters. The summed E-state index contributed by atoms with van der Waals surface area (Å²) < 4.78 is 0. The van der Waals surface area contributed by atoms with Crippen molar-refractivity contribution in [3.8, 4) is 0 Å². The van der Waals surface area contributed by atoms with Crippen molar-refractivity contribution in [2.45, 2.75) is 33.1 Å². The fourth-order valence-corrected chi connectivity index (χ4v) is 1.79. The lowest BCUT2D eigenvalue weighted by Gasteiger charge is -2.20. The first-order valence-electron chi connectivity index (χ1n) is 4.95. The van der Waals surface area contributed by atoms with Crippen molar-refractivity contribution in [1.29, 1.82) is 0 Å². The first-order chi connectivity index (χ1) is 6.38. The van der Waals surface area contributed by atoms with E-state index in [0.29, 0.717) is 0 Å². The minimum Gasteiger partial charge on any atom is -0.356 e. The van der Waals surface area contributed by atoms with Crippen LogP contribution in [-0.2, 0) is 0 Å². The Labute approximate surface area is 84.6 Å². The predicted octanol–water partition coefficient (Wildman–Crippen LogP) is 2.96. The Morgan fingerprint density at radius 1 is 1.38 bits per heavy atom. The summed E-state index contributed by atoms with van der Waals surface area (Å²) in [6.07, 6.45) is 3.67. The van der Waals surface area contributed by atoms with E-state index in [1.807, 2.05) is 0 Å². The molecule has 0 N–H and O–H groups in total. The second kappa shape index (κ2) is 5.97. The van der Waals surface area contributed by atoms with Crippen LogP contribution in [0.1, 0.15) is 33.1 Å². The molecule has 0 aromatic carbocycles. The number of unbranched alkanes of at least 4 members (excludes halogenated alkanes) is 1. The van der Waals surface area contributed by atoms with E-state index in [0.717, 1.165) is 18.9 Å². The molecule has 2 nitrogen and oxygen atoms in total. The summed E-state index contributed by atoms with van der Waals surface area (Å²) in [5.41, 5.74) is 2.90. The number of aromatic nitrogens is 1. The maximum Gasteiger partial charge on any atom is 0.154 e. The molecule has 0 fully saturated rings. The highest BCUT2D eigenvalue weighted by Crippen LogP contribution is 2.14. The van der Waals surface area contributed by atoms with Gasteiger partial charge in [-0.25, -0.2) is 4.98 Å². The molecule has 3 heteroatoms. The van der Waals surface area contributed by atoms with E-state index in [9.17, 15) is 0 Å². The van der Waals surface area contributed by atoms with Crippen molar-refractivity contribution in [3.05, 3.63) is 10.9 Å². The monoisotopic (exact) mass is 197 g/mol. The molecule has 1 aromatic heterocycles. The molecule has 0 bridgehead atoms. The third-order valence-corrected chi connectivity index (χ3v) is 2.50. The lowest BCUT2D eigenvalue weighted by molar-refractivity contribution is 0.698. The average Bonchev–Trinajstić information content (AvgIpc) is 2.65. The molecule has 1 aromatic rings. The molecule has 0 spiro atoms. The maximum absolute atomic E-state index is 4.21. The molecule has 0 atom stereocenters. The number of nitrogens with zero attached hydrogens (tertiary/aromatic N) is 2. The smallest absolute Gasteiger partial charge is 0.154 e. The Morgan fingerprint density at radius 2 is 2.23 bits per heavy atom. The molecular weight excluding hydrogens is 180 g/mol. The topological polar surface area (TPSA) is 16.1 Å². The van der Waals surface area contributed by atoms with E-state index in [1.165, 1.54) is 19.3 Å². The van der Waals surface area contributed by atoms with Gasteiger partial charge in [0.25, 0.3) is 0 Å². The summed E-state index contributed by atoms with van der Waals surface area (Å²) in [5, 5.41) is 2.07. The number of hydrogen-bond donors (Lipinski definition) is 0. The van der Waals surface area contributed by atoms with E-state index >= 15 is 0 Å². The van der Waals surface area contributed by atoms with Gasteiger partial charge in [-0.05, 0) is 12.8 Å². The highest BCUT2D eigenvalue weighted by Gasteiger charge is 2.05. The Hall–Kier alpha value is -0.570. The van der Waals surface area contributed by atoms with Crippen LogP contribution in [0.15, 0.2) is 5.38 Å². The van der Waals surface area contributed by atoms with Gasteiger partial charge in [-0.2, -0.15) is 0 Å². The fourth-order valence-electron chi connectivity index (χ4n) is 1.28. The van der Waals surface area contributed by atoms with Crippen LogP contribution >= 0.6 is 11.3 Å². The number of rotatable bonds is 6. The van der Waals surface area contributed by atoms with Gasteiger partial charge in [-0.15, -0.1) is 11.3 Å². The van der Waals surface area contributed by atoms with Gasteiger partial charge in [0.2, 0.25) is 0 Å². The summed E-state index contributed by atoms with van der Waals surface area (Å²) in [6.45, 7) is 6.66. The van der Waals surface area contributed by atoms with Gasteiger partial charge < -0.3 is 4.90 Å². The van der Waals surface area contributed by atoms with Crippen molar-refractivity contribution in [3.63, 3.8) is 0 Å². The van der Waals surface area contributed by atoms with E-state index in [4.69, 9.17) is 0 Å². The van der Waals surface area contributed by atoms with Crippen LogP contribution in [0.4, 0.5) is 5.82 Å². The van der Waals surface area contributed by atoms with Crippen molar-refractivity contribution < 1.29 is 0 Å². The summed E-state index contributed by atoms with van der Waals surface area (Å²) in [4.78, 5) is 6.55. The predicted molar refractivity (Wildman–Crippen MR) is 58.4 cm³/mol. The average molecular weight is 197 g/mol. The highest BCUT2D eigenvalue weighted by molar-refractivity contribution is 7.07. The van der Waals surface area contributed by atoms with Crippen LogP contribution in [0.2, 0.25) is 0 Å². The fraction of sp³-hybridized carbons (Fsp3) is 0.700. The zero-order valence-electron chi connectivity index (χ0n) is 8.42. The van der Waals surface area contributed by atoms with Crippen LogP contribution in [0.3, 0.4) is 0 Å². The number of anilines is 1. The van der Waals surface area contributed by atoms with E-state index < -0.39 is 0 Å². The molecule has 0 saturated carbocycles. The van der Waals surface area contributed by atoms with Gasteiger partial charge in [0, 0.05) is 18.5 Å². The van der Waals surface area contributed by atoms with Crippen LogP contribution < -0.4 is 4.90 Å². The first-order valence-corrected chi connectivity index (χ1v) is 5.83. The van der Waals surface area contributed by atoms with Gasteiger partial charge in [-0.3, -0.25) is 0 Å². The molecule has 0 aliphatic heterocycles. The largest absolute Gasteiger partial charge is 0.356 e. The second-order valence-corrected chi connectivity index (χ2v) is 3.79. The molecule has 1 rings (SSSR count). The standard InChI is InChI=1S/C10H17N2S/c1-3-5-7-12(6-4-2)10-8-13-9-11-10/h8H,3-7H2,1-2H3. The highest BCUT2D eigenvalue weighted by atomic mass is 32.1. The van der Waals surface area contributed by atoms with Crippen LogP contribution in [0.25, 0.3) is 0 Å². The number of thiazole rings is 1. The molecule has 0 aliphatic carbocycles. The Balaban J connectivity index is 2.47. The zero-order chi connectivity index (χ0) is 9.52. The summed E-state index contributed by atoms with van der Waals surface area (Å²) >= 11 is 1.55. The summed E-state index contributed by atoms with van der Waals surface area (Å²) in [7, 11) is 0. The molecular formula is C10H17N2S. The van der Waals surface area contributed by atoms with Gasteiger partial charge in [0.15, 0.2) is 5.51 Å². The van der Waals surface area contributed by atoms with Crippen molar-refractivity contribution in [2.75, 3.05) is 18.0 Å². The SMILES string of the molecule is CCCCN(CCC)c1cs[c]n1. The lowest BCUT2D eigenvalue weighted by atomic mass is 10.3. The zero-order valence-corrected chi connectivity index (χ0v) is 9.23. The molecule has 73 valence electrons. The normalized spacial score (nSPS) is 10.3. The first kappa shape index (κ1) is 10.5. The van der Waals surface area contributed by atoms with E-state index in [2.05, 4.69) is 34.6 Å². The molecule has 0 aliphatic rings. The van der Waals surface area contributed by atoms with Gasteiger partial charge in [0.05, 0.1) is 0 Å². The quantitative estimate of drug-likeness (QED) is 0.697. The third kappa shape index (κ3) is 3.35. The number of hydrogen-bond acceptors (Lipinski definition) is 3. The molecule has 0 amide bonds. The van der Waals surface area contributed by atoms with Crippen molar-refractivity contribution in [2.24, 2.45) is 0 Å². The Kier molecular flexibility index (Phi) is 4.83.